The lowest BCUT2D eigenvalue weighted by atomic mass is 9.95. The number of hydrogen-bond acceptors (Lipinski definition) is 4. The van der Waals surface area contributed by atoms with E-state index in [2.05, 4.69) is 15.6 Å². The summed E-state index contributed by atoms with van der Waals surface area (Å²) in [5, 5.41) is 11.3. The molecule has 7 heteroatoms. The van der Waals surface area contributed by atoms with Crippen LogP contribution < -0.4 is 5.32 Å². The highest BCUT2D eigenvalue weighted by Crippen LogP contribution is 2.30. The first-order valence-corrected chi connectivity index (χ1v) is 8.37. The zero-order chi connectivity index (χ0) is 14.9. The maximum atomic E-state index is 12.5. The average molecular weight is 305 g/mol. The molecule has 7 nitrogen and oxygen atoms in total. The molecule has 3 aliphatic rings. The molecule has 1 saturated carbocycles. The number of fused-ring (bicyclic) bond motifs is 3. The van der Waals surface area contributed by atoms with E-state index in [1.807, 2.05) is 9.58 Å². The number of rotatable bonds is 1. The van der Waals surface area contributed by atoms with Crippen molar-refractivity contribution in [1.29, 1.82) is 0 Å². The van der Waals surface area contributed by atoms with Gasteiger partial charge in [-0.3, -0.25) is 0 Å². The van der Waals surface area contributed by atoms with Crippen LogP contribution in [-0.4, -0.2) is 51.2 Å². The quantitative estimate of drug-likeness (QED) is 0.852. The molecule has 2 amide bonds. The Hall–Kier alpha value is -1.63. The first kappa shape index (κ1) is 14.0. The van der Waals surface area contributed by atoms with Crippen molar-refractivity contribution in [3.63, 3.8) is 0 Å². The van der Waals surface area contributed by atoms with Gasteiger partial charge in [-0.1, -0.05) is 24.5 Å². The molecule has 0 aromatic carbocycles. The first-order valence-electron chi connectivity index (χ1n) is 8.37. The van der Waals surface area contributed by atoms with Gasteiger partial charge in [-0.05, 0) is 19.3 Å². The van der Waals surface area contributed by atoms with Gasteiger partial charge in [0, 0.05) is 12.6 Å². The average Bonchev–Trinajstić information content (AvgIpc) is 3.04. The van der Waals surface area contributed by atoms with Crippen LogP contribution in [0.25, 0.3) is 0 Å². The van der Waals surface area contributed by atoms with E-state index in [-0.39, 0.29) is 18.2 Å². The monoisotopic (exact) mass is 305 g/mol. The van der Waals surface area contributed by atoms with Crippen LogP contribution in [0.2, 0.25) is 0 Å². The van der Waals surface area contributed by atoms with Crippen molar-refractivity contribution in [2.75, 3.05) is 13.1 Å². The van der Waals surface area contributed by atoms with Crippen molar-refractivity contribution < 1.29 is 9.53 Å². The highest BCUT2D eigenvalue weighted by molar-refractivity contribution is 5.74. The number of nitrogens with one attached hydrogen (secondary N) is 1. The molecule has 2 aliphatic heterocycles. The van der Waals surface area contributed by atoms with Crippen molar-refractivity contribution in [2.45, 2.75) is 63.3 Å². The second kappa shape index (κ2) is 5.87. The van der Waals surface area contributed by atoms with Gasteiger partial charge in [0.2, 0.25) is 0 Å². The molecule has 120 valence electrons. The van der Waals surface area contributed by atoms with Crippen LogP contribution in [0.4, 0.5) is 4.79 Å². The van der Waals surface area contributed by atoms with E-state index < -0.39 is 0 Å². The van der Waals surface area contributed by atoms with E-state index in [4.69, 9.17) is 4.74 Å². The van der Waals surface area contributed by atoms with Crippen LogP contribution in [0.5, 0.6) is 0 Å². The molecule has 22 heavy (non-hydrogen) atoms. The summed E-state index contributed by atoms with van der Waals surface area (Å²) < 4.78 is 7.89. The molecule has 1 aliphatic carbocycles. The molecule has 2 fully saturated rings. The Bertz CT molecular complexity index is 540. The Labute approximate surface area is 130 Å². The number of hydrogen-bond donors (Lipinski definition) is 1. The number of piperidine rings is 1. The van der Waals surface area contributed by atoms with Gasteiger partial charge in [0.15, 0.2) is 0 Å². The summed E-state index contributed by atoms with van der Waals surface area (Å²) in [5.41, 5.74) is 1.03. The van der Waals surface area contributed by atoms with E-state index in [0.717, 1.165) is 31.5 Å². The minimum Gasteiger partial charge on any atom is -0.368 e. The van der Waals surface area contributed by atoms with E-state index >= 15 is 0 Å². The Morgan fingerprint density at radius 3 is 3.00 bits per heavy atom. The normalized spacial score (nSPS) is 28.8. The van der Waals surface area contributed by atoms with Crippen LogP contribution in [0.3, 0.4) is 0 Å². The van der Waals surface area contributed by atoms with E-state index in [1.165, 1.54) is 19.3 Å². The van der Waals surface area contributed by atoms with Gasteiger partial charge in [0.05, 0.1) is 37.2 Å². The van der Waals surface area contributed by atoms with Crippen LogP contribution in [0.15, 0.2) is 6.20 Å². The van der Waals surface area contributed by atoms with Crippen LogP contribution in [-0.2, 0) is 11.3 Å². The second-order valence-electron chi connectivity index (χ2n) is 6.61. The van der Waals surface area contributed by atoms with Crippen molar-refractivity contribution in [1.82, 2.24) is 25.2 Å². The molecule has 1 aromatic rings. The topological polar surface area (TPSA) is 72.3 Å². The van der Waals surface area contributed by atoms with E-state index in [9.17, 15) is 4.79 Å². The van der Waals surface area contributed by atoms with E-state index in [1.54, 1.807) is 6.20 Å². The lowest BCUT2D eigenvalue weighted by Gasteiger charge is -2.41. The Morgan fingerprint density at radius 1 is 1.27 bits per heavy atom. The molecule has 0 bridgehead atoms. The van der Waals surface area contributed by atoms with Gasteiger partial charge in [0.1, 0.15) is 0 Å². The molecule has 4 rings (SSSR count). The van der Waals surface area contributed by atoms with E-state index in [0.29, 0.717) is 19.2 Å². The fourth-order valence-corrected chi connectivity index (χ4v) is 3.88. The van der Waals surface area contributed by atoms with Crippen molar-refractivity contribution in [3.05, 3.63) is 11.9 Å². The van der Waals surface area contributed by atoms with Crippen molar-refractivity contribution in [3.8, 4) is 0 Å². The summed E-state index contributed by atoms with van der Waals surface area (Å²) in [7, 11) is 0. The molecule has 1 saturated heterocycles. The second-order valence-corrected chi connectivity index (χ2v) is 6.61. The van der Waals surface area contributed by atoms with Gasteiger partial charge in [-0.2, -0.15) is 0 Å². The lowest BCUT2D eigenvalue weighted by Crippen LogP contribution is -2.54. The number of nitrogens with zero attached hydrogens (tertiary/aromatic N) is 4. The van der Waals surface area contributed by atoms with Gasteiger partial charge < -0.3 is 15.0 Å². The van der Waals surface area contributed by atoms with Crippen LogP contribution in [0.1, 0.15) is 50.3 Å². The first-order chi connectivity index (χ1) is 10.8. The fraction of sp³-hybridized carbons (Fsp3) is 0.800. The van der Waals surface area contributed by atoms with Gasteiger partial charge >= 0.3 is 6.03 Å². The summed E-state index contributed by atoms with van der Waals surface area (Å²) in [4.78, 5) is 14.4. The number of carbonyl (C=O) groups is 1. The molecule has 1 aromatic heterocycles. The number of carbonyl (C=O) groups excluding carboxylic acids is 1. The van der Waals surface area contributed by atoms with Crippen molar-refractivity contribution in [2.24, 2.45) is 0 Å². The largest absolute Gasteiger partial charge is 0.368 e. The minimum atomic E-state index is 0.0278. The maximum absolute atomic E-state index is 12.5. The Morgan fingerprint density at radius 2 is 2.14 bits per heavy atom. The predicted molar refractivity (Wildman–Crippen MR) is 79.2 cm³/mol. The number of amides is 2. The maximum Gasteiger partial charge on any atom is 0.317 e. The molecule has 1 N–H and O–H groups in total. The van der Waals surface area contributed by atoms with Crippen molar-refractivity contribution >= 4 is 6.03 Å². The molecular formula is C15H23N5O2. The van der Waals surface area contributed by atoms with Gasteiger partial charge in [0.25, 0.3) is 0 Å². The molecule has 0 spiro atoms. The fourth-order valence-electron chi connectivity index (χ4n) is 3.88. The number of urea groups is 1. The number of aromatic nitrogens is 3. The number of likely N-dealkylation sites (tertiary alicyclic amines) is 1. The third kappa shape index (κ3) is 2.58. The summed E-state index contributed by atoms with van der Waals surface area (Å²) >= 11 is 0. The van der Waals surface area contributed by atoms with Gasteiger partial charge in [-0.15, -0.1) is 5.10 Å². The summed E-state index contributed by atoms with van der Waals surface area (Å²) in [6.45, 7) is 1.93. The smallest absolute Gasteiger partial charge is 0.317 e. The summed E-state index contributed by atoms with van der Waals surface area (Å²) in [6, 6.07) is 0.636. The van der Waals surface area contributed by atoms with Gasteiger partial charge in [-0.25, -0.2) is 9.48 Å². The third-order valence-corrected chi connectivity index (χ3v) is 5.15. The zero-order valence-electron chi connectivity index (χ0n) is 12.8. The Balaban J connectivity index is 1.37. The van der Waals surface area contributed by atoms with Crippen LogP contribution in [0, 0.1) is 0 Å². The summed E-state index contributed by atoms with van der Waals surface area (Å²) in [5.74, 6) is 0. The highest BCUT2D eigenvalue weighted by atomic mass is 16.5. The molecular weight excluding hydrogens is 282 g/mol. The lowest BCUT2D eigenvalue weighted by molar-refractivity contribution is -0.0606. The Kier molecular flexibility index (Phi) is 3.73. The summed E-state index contributed by atoms with van der Waals surface area (Å²) in [6.07, 6.45) is 8.65. The SMILES string of the molecule is O=C(NC1CCCCC1)N1CC[C@H]2[C@H](C1)OCc1cnnn12. The van der Waals surface area contributed by atoms with Crippen LogP contribution >= 0.6 is 0 Å². The highest BCUT2D eigenvalue weighted by Gasteiger charge is 2.38. The zero-order valence-corrected chi connectivity index (χ0v) is 12.8. The predicted octanol–water partition coefficient (Wildman–Crippen LogP) is 1.47. The third-order valence-electron chi connectivity index (χ3n) is 5.15. The molecule has 0 unspecified atom stereocenters. The molecule has 0 radical (unpaired) electrons. The number of ether oxygens (including phenoxy) is 1. The molecule has 3 heterocycles. The standard InChI is InChI=1S/C15H23N5O2/c21-15(17-11-4-2-1-3-5-11)19-7-6-13-14(9-19)22-10-12-8-16-18-20(12)13/h8,11,13-14H,1-7,9-10H2,(H,17,21)/t13-,14-/m0/s1. The minimum absolute atomic E-state index is 0.0278. The molecule has 2 atom stereocenters.